The van der Waals surface area contributed by atoms with Gasteiger partial charge in [0, 0.05) is 24.2 Å². The summed E-state index contributed by atoms with van der Waals surface area (Å²) < 4.78 is 11.2. The van der Waals surface area contributed by atoms with E-state index in [0.717, 1.165) is 17.9 Å². The van der Waals surface area contributed by atoms with E-state index in [1.54, 1.807) is 0 Å². The Morgan fingerprint density at radius 3 is 2.63 bits per heavy atom. The van der Waals surface area contributed by atoms with Crippen LogP contribution >= 0.6 is 0 Å². The maximum Gasteiger partial charge on any atom is 0.222 e. The minimum absolute atomic E-state index is 0.537. The molecule has 0 bridgehead atoms. The molecule has 1 aromatic carbocycles. The van der Waals surface area contributed by atoms with Crippen LogP contribution < -0.4 is 14.8 Å². The van der Waals surface area contributed by atoms with Crippen molar-refractivity contribution in [2.45, 2.75) is 13.5 Å². The van der Waals surface area contributed by atoms with Crippen LogP contribution in [0, 0.1) is 0 Å². The Morgan fingerprint density at radius 1 is 1.05 bits per heavy atom. The highest BCUT2D eigenvalue weighted by molar-refractivity contribution is 5.36. The van der Waals surface area contributed by atoms with E-state index in [1.165, 1.54) is 0 Å². The summed E-state index contributed by atoms with van der Waals surface area (Å²) in [6, 6.07) is 13.4. The summed E-state index contributed by atoms with van der Waals surface area (Å²) in [5, 5.41) is 3.12. The van der Waals surface area contributed by atoms with Gasteiger partial charge in [0.25, 0.3) is 0 Å². The molecule has 0 saturated heterocycles. The smallest absolute Gasteiger partial charge is 0.222 e. The van der Waals surface area contributed by atoms with Gasteiger partial charge in [0.1, 0.15) is 5.75 Å². The molecule has 0 unspecified atom stereocenters. The van der Waals surface area contributed by atoms with E-state index < -0.39 is 0 Å². The van der Waals surface area contributed by atoms with Gasteiger partial charge < -0.3 is 14.8 Å². The normalized spacial score (nSPS) is 10.2. The Kier molecular flexibility index (Phi) is 4.75. The van der Waals surface area contributed by atoms with Crippen LogP contribution in [0.15, 0.2) is 42.5 Å². The van der Waals surface area contributed by atoms with Crippen molar-refractivity contribution in [1.82, 2.24) is 10.3 Å². The zero-order valence-corrected chi connectivity index (χ0v) is 11.2. The minimum atomic E-state index is 0.537. The Balaban J connectivity index is 2.18. The second kappa shape index (κ2) is 6.75. The van der Waals surface area contributed by atoms with Crippen LogP contribution in [0.25, 0.3) is 0 Å². The van der Waals surface area contributed by atoms with Crippen LogP contribution in [0.3, 0.4) is 0 Å². The molecule has 4 heteroatoms. The number of nitrogens with one attached hydrogen (secondary N) is 1. The fraction of sp³-hybridized carbons (Fsp3) is 0.267. The van der Waals surface area contributed by atoms with Crippen molar-refractivity contribution in [2.24, 2.45) is 0 Å². The number of para-hydroxylation sites is 1. The van der Waals surface area contributed by atoms with Crippen LogP contribution in [-0.4, -0.2) is 18.6 Å². The molecule has 0 atom stereocenters. The molecule has 0 saturated carbocycles. The first-order chi connectivity index (χ1) is 9.33. The fourth-order valence-electron chi connectivity index (χ4n) is 1.73. The summed E-state index contributed by atoms with van der Waals surface area (Å²) in [4.78, 5) is 4.29. The molecule has 19 heavy (non-hydrogen) atoms. The van der Waals surface area contributed by atoms with E-state index in [-0.39, 0.29) is 0 Å². The molecule has 0 fully saturated rings. The Bertz CT molecular complexity index is 529. The van der Waals surface area contributed by atoms with Crippen molar-refractivity contribution in [2.75, 3.05) is 13.7 Å². The Hall–Kier alpha value is -2.07. The summed E-state index contributed by atoms with van der Waals surface area (Å²) in [6.07, 6.45) is 0. The lowest BCUT2D eigenvalue weighted by molar-refractivity contribution is 0.320. The van der Waals surface area contributed by atoms with Gasteiger partial charge in [-0.05, 0) is 20.0 Å². The second-order valence-electron chi connectivity index (χ2n) is 3.99. The van der Waals surface area contributed by atoms with E-state index in [0.29, 0.717) is 18.4 Å². The van der Waals surface area contributed by atoms with Gasteiger partial charge in [-0.2, -0.15) is 4.98 Å². The van der Waals surface area contributed by atoms with Crippen molar-refractivity contribution >= 4 is 0 Å². The molecule has 0 spiro atoms. The third kappa shape index (κ3) is 3.69. The number of rotatable bonds is 6. The zero-order valence-electron chi connectivity index (χ0n) is 11.2. The first-order valence-electron chi connectivity index (χ1n) is 6.33. The molecular formula is C15H18N2O2. The van der Waals surface area contributed by atoms with Crippen LogP contribution in [0.4, 0.5) is 0 Å². The average molecular weight is 258 g/mol. The van der Waals surface area contributed by atoms with Gasteiger partial charge in [0.15, 0.2) is 0 Å². The molecule has 2 aromatic rings. The van der Waals surface area contributed by atoms with Crippen molar-refractivity contribution in [1.29, 1.82) is 0 Å². The molecule has 1 heterocycles. The van der Waals surface area contributed by atoms with Gasteiger partial charge in [-0.1, -0.05) is 24.3 Å². The predicted molar refractivity (Wildman–Crippen MR) is 74.7 cm³/mol. The van der Waals surface area contributed by atoms with Crippen LogP contribution in [0.1, 0.15) is 12.5 Å². The average Bonchev–Trinajstić information content (AvgIpc) is 2.42. The van der Waals surface area contributed by atoms with E-state index in [2.05, 4.69) is 10.3 Å². The van der Waals surface area contributed by atoms with E-state index in [9.17, 15) is 0 Å². The number of aromatic nitrogens is 1. The maximum absolute atomic E-state index is 5.82. The van der Waals surface area contributed by atoms with Crippen LogP contribution in [0.5, 0.6) is 17.5 Å². The summed E-state index contributed by atoms with van der Waals surface area (Å²) in [5.41, 5.74) is 1.09. The van der Waals surface area contributed by atoms with Crippen molar-refractivity contribution < 1.29 is 9.47 Å². The SMILES string of the molecule is CCOc1cccc(Oc2ccccc2CNC)n1. The van der Waals surface area contributed by atoms with Crippen molar-refractivity contribution in [3.8, 4) is 17.5 Å². The first-order valence-corrected chi connectivity index (χ1v) is 6.33. The van der Waals surface area contributed by atoms with E-state index in [4.69, 9.17) is 9.47 Å². The van der Waals surface area contributed by atoms with Gasteiger partial charge in [-0.15, -0.1) is 0 Å². The van der Waals surface area contributed by atoms with Gasteiger partial charge >= 0.3 is 0 Å². The highest BCUT2D eigenvalue weighted by Crippen LogP contribution is 2.25. The maximum atomic E-state index is 5.82. The first kappa shape index (κ1) is 13.4. The van der Waals surface area contributed by atoms with Gasteiger partial charge in [0.2, 0.25) is 11.8 Å². The van der Waals surface area contributed by atoms with Crippen LogP contribution in [-0.2, 0) is 6.54 Å². The lowest BCUT2D eigenvalue weighted by Gasteiger charge is -2.10. The lowest BCUT2D eigenvalue weighted by atomic mass is 10.2. The molecule has 0 aliphatic heterocycles. The largest absolute Gasteiger partial charge is 0.478 e. The quantitative estimate of drug-likeness (QED) is 0.865. The number of ether oxygens (including phenoxy) is 2. The van der Waals surface area contributed by atoms with Crippen LogP contribution in [0.2, 0.25) is 0 Å². The minimum Gasteiger partial charge on any atom is -0.478 e. The van der Waals surface area contributed by atoms with Crippen molar-refractivity contribution in [3.05, 3.63) is 48.0 Å². The topological polar surface area (TPSA) is 43.4 Å². The number of nitrogens with zero attached hydrogens (tertiary/aromatic N) is 1. The molecule has 4 nitrogen and oxygen atoms in total. The molecule has 2 rings (SSSR count). The number of hydrogen-bond acceptors (Lipinski definition) is 4. The van der Waals surface area contributed by atoms with E-state index >= 15 is 0 Å². The zero-order chi connectivity index (χ0) is 13.5. The molecule has 0 radical (unpaired) electrons. The third-order valence-corrected chi connectivity index (χ3v) is 2.54. The van der Waals surface area contributed by atoms with Gasteiger partial charge in [-0.25, -0.2) is 0 Å². The third-order valence-electron chi connectivity index (χ3n) is 2.54. The highest BCUT2D eigenvalue weighted by Gasteiger charge is 2.05. The number of benzene rings is 1. The van der Waals surface area contributed by atoms with Gasteiger partial charge in [0.05, 0.1) is 6.61 Å². The summed E-state index contributed by atoms with van der Waals surface area (Å²) in [6.45, 7) is 3.27. The monoisotopic (exact) mass is 258 g/mol. The summed E-state index contributed by atoms with van der Waals surface area (Å²) >= 11 is 0. The number of pyridine rings is 1. The standard InChI is InChI=1S/C15H18N2O2/c1-3-18-14-9-6-10-15(17-14)19-13-8-5-4-7-12(13)11-16-2/h4-10,16H,3,11H2,1-2H3. The lowest BCUT2D eigenvalue weighted by Crippen LogP contribution is -2.06. The summed E-state index contributed by atoms with van der Waals surface area (Å²) in [7, 11) is 1.91. The molecular weight excluding hydrogens is 240 g/mol. The molecule has 0 aliphatic carbocycles. The highest BCUT2D eigenvalue weighted by atomic mass is 16.5. The molecule has 1 aromatic heterocycles. The summed E-state index contributed by atoms with van der Waals surface area (Å²) in [5.74, 6) is 1.92. The molecule has 100 valence electrons. The van der Waals surface area contributed by atoms with Crippen molar-refractivity contribution in [3.63, 3.8) is 0 Å². The second-order valence-corrected chi connectivity index (χ2v) is 3.99. The molecule has 0 amide bonds. The van der Waals surface area contributed by atoms with E-state index in [1.807, 2.05) is 56.4 Å². The predicted octanol–water partition coefficient (Wildman–Crippen LogP) is 2.99. The fourth-order valence-corrected chi connectivity index (χ4v) is 1.73. The van der Waals surface area contributed by atoms with Gasteiger partial charge in [-0.3, -0.25) is 0 Å². The number of hydrogen-bond donors (Lipinski definition) is 1. The molecule has 1 N–H and O–H groups in total. The Labute approximate surface area is 113 Å². The molecule has 0 aliphatic rings. The Morgan fingerprint density at radius 2 is 1.84 bits per heavy atom.